The van der Waals surface area contributed by atoms with Gasteiger partial charge in [-0.3, -0.25) is 0 Å². The lowest BCUT2D eigenvalue weighted by molar-refractivity contribution is 0.225. The highest BCUT2D eigenvalue weighted by atomic mass is 79.9. The summed E-state index contributed by atoms with van der Waals surface area (Å²) < 4.78 is 13.3. The molecule has 0 fully saturated rings. The molecule has 190 valence electrons. The number of ether oxygens (including phenoxy) is 2. The Hall–Kier alpha value is -3.10. The number of anilines is 1. The van der Waals surface area contributed by atoms with Crippen molar-refractivity contribution in [2.75, 3.05) is 11.1 Å². The van der Waals surface area contributed by atoms with Crippen molar-refractivity contribution in [2.24, 2.45) is 0 Å². The van der Waals surface area contributed by atoms with Crippen molar-refractivity contribution in [1.29, 1.82) is 0 Å². The van der Waals surface area contributed by atoms with Gasteiger partial charge in [-0.1, -0.05) is 86.5 Å². The number of unbranched alkanes of at least 4 members (excludes halogenated alkanes) is 3. The van der Waals surface area contributed by atoms with Crippen LogP contribution in [0, 0.1) is 0 Å². The summed E-state index contributed by atoms with van der Waals surface area (Å²) in [5.74, 6) is 2.22. The molecule has 1 atom stereocenters. The molecule has 5 rings (SSSR count). The zero-order chi connectivity index (χ0) is 25.5. The summed E-state index contributed by atoms with van der Waals surface area (Å²) in [6.45, 7) is 2.72. The number of halogens is 1. The first-order valence-corrected chi connectivity index (χ1v) is 14.4. The molecule has 2 heterocycles. The summed E-state index contributed by atoms with van der Waals surface area (Å²) in [6.07, 6.45) is 4.38. The zero-order valence-electron chi connectivity index (χ0n) is 20.7. The first-order chi connectivity index (χ1) is 18.2. The SMILES string of the molecule is CCCCCCSc1nnc2c(n1)O[C@H](c1ccc(OCc3ccccc3)c(Br)c1)Nc1ccccc1-2. The Labute approximate surface area is 230 Å². The average molecular weight is 578 g/mol. The fourth-order valence-electron chi connectivity index (χ4n) is 4.08. The molecule has 1 aromatic heterocycles. The molecule has 4 aromatic rings. The third kappa shape index (κ3) is 6.43. The van der Waals surface area contributed by atoms with Crippen molar-refractivity contribution in [2.45, 2.75) is 50.6 Å². The summed E-state index contributed by atoms with van der Waals surface area (Å²) in [5, 5.41) is 13.1. The van der Waals surface area contributed by atoms with E-state index < -0.39 is 6.23 Å². The largest absolute Gasteiger partial charge is 0.488 e. The number of nitrogens with one attached hydrogen (secondary N) is 1. The standard InChI is InChI=1S/C29H29BrN4O2S/c1-2-3-4-10-17-37-29-32-28-26(33-34-29)22-13-8-9-14-24(22)31-27(36-28)21-15-16-25(23(30)18-21)35-19-20-11-6-5-7-12-20/h5-9,11-16,18,27,31H,2-4,10,17,19H2,1H3/t27-/m1/s1. The number of aromatic nitrogens is 3. The molecule has 1 aliphatic heterocycles. The van der Waals surface area contributed by atoms with Gasteiger partial charge in [0.15, 0.2) is 11.9 Å². The van der Waals surface area contributed by atoms with Gasteiger partial charge in [-0.25, -0.2) is 0 Å². The normalized spacial score (nSPS) is 14.1. The number of para-hydroxylation sites is 1. The van der Waals surface area contributed by atoms with Gasteiger partial charge in [-0.15, -0.1) is 10.2 Å². The molecule has 8 heteroatoms. The Morgan fingerprint density at radius 3 is 2.65 bits per heavy atom. The van der Waals surface area contributed by atoms with Gasteiger partial charge < -0.3 is 14.8 Å². The van der Waals surface area contributed by atoms with Crippen LogP contribution in [0.15, 0.2) is 82.4 Å². The van der Waals surface area contributed by atoms with Gasteiger partial charge in [0, 0.05) is 22.6 Å². The van der Waals surface area contributed by atoms with Gasteiger partial charge in [0.1, 0.15) is 12.4 Å². The second-order valence-corrected chi connectivity index (χ2v) is 10.7. The minimum Gasteiger partial charge on any atom is -0.488 e. The molecule has 0 unspecified atom stereocenters. The molecule has 3 aromatic carbocycles. The van der Waals surface area contributed by atoms with E-state index in [4.69, 9.17) is 14.5 Å². The maximum absolute atomic E-state index is 6.44. The van der Waals surface area contributed by atoms with E-state index in [0.717, 1.165) is 44.8 Å². The maximum Gasteiger partial charge on any atom is 0.247 e. The van der Waals surface area contributed by atoms with Crippen LogP contribution >= 0.6 is 27.7 Å². The van der Waals surface area contributed by atoms with Gasteiger partial charge >= 0.3 is 0 Å². The number of thioether (sulfide) groups is 1. The van der Waals surface area contributed by atoms with Crippen LogP contribution in [0.3, 0.4) is 0 Å². The Morgan fingerprint density at radius 2 is 1.81 bits per heavy atom. The fraction of sp³-hybridized carbons (Fsp3) is 0.276. The first kappa shape index (κ1) is 25.5. The maximum atomic E-state index is 6.44. The molecular formula is C29H29BrN4O2S. The van der Waals surface area contributed by atoms with E-state index in [0.29, 0.717) is 23.3 Å². The third-order valence-electron chi connectivity index (χ3n) is 6.06. The molecule has 0 bridgehead atoms. The van der Waals surface area contributed by atoms with Crippen LogP contribution in [-0.2, 0) is 6.61 Å². The van der Waals surface area contributed by atoms with Crippen LogP contribution in [0.5, 0.6) is 11.6 Å². The van der Waals surface area contributed by atoms with Crippen molar-refractivity contribution in [3.63, 3.8) is 0 Å². The number of fused-ring (bicyclic) bond motifs is 3. The second-order valence-electron chi connectivity index (χ2n) is 8.81. The number of hydrogen-bond acceptors (Lipinski definition) is 7. The van der Waals surface area contributed by atoms with Crippen LogP contribution in [0.4, 0.5) is 5.69 Å². The lowest BCUT2D eigenvalue weighted by atomic mass is 10.1. The third-order valence-corrected chi connectivity index (χ3v) is 7.60. The molecule has 6 nitrogen and oxygen atoms in total. The number of rotatable bonds is 10. The Kier molecular flexibility index (Phi) is 8.58. The topological polar surface area (TPSA) is 69.2 Å². The van der Waals surface area contributed by atoms with Crippen molar-refractivity contribution in [3.8, 4) is 22.9 Å². The van der Waals surface area contributed by atoms with Crippen molar-refractivity contribution in [3.05, 3.63) is 88.4 Å². The van der Waals surface area contributed by atoms with E-state index in [1.165, 1.54) is 19.3 Å². The van der Waals surface area contributed by atoms with E-state index in [1.54, 1.807) is 11.8 Å². The first-order valence-electron chi connectivity index (χ1n) is 12.6. The molecule has 0 spiro atoms. The number of hydrogen-bond donors (Lipinski definition) is 1. The molecule has 0 saturated carbocycles. The summed E-state index contributed by atoms with van der Waals surface area (Å²) >= 11 is 5.31. The summed E-state index contributed by atoms with van der Waals surface area (Å²) in [4.78, 5) is 4.76. The molecule has 0 amide bonds. The zero-order valence-corrected chi connectivity index (χ0v) is 23.1. The fourth-order valence-corrected chi connectivity index (χ4v) is 5.37. The van der Waals surface area contributed by atoms with E-state index in [9.17, 15) is 0 Å². The van der Waals surface area contributed by atoms with Crippen LogP contribution in [0.2, 0.25) is 0 Å². The molecule has 0 radical (unpaired) electrons. The molecule has 0 saturated heterocycles. The average Bonchev–Trinajstić information content (AvgIpc) is 3.09. The van der Waals surface area contributed by atoms with Crippen LogP contribution < -0.4 is 14.8 Å². The summed E-state index contributed by atoms with van der Waals surface area (Å²) in [5.41, 5.74) is 4.53. The second kappa shape index (κ2) is 12.4. The quantitative estimate of drug-likeness (QED) is 0.151. The van der Waals surface area contributed by atoms with Crippen molar-refractivity contribution in [1.82, 2.24) is 15.2 Å². The highest BCUT2D eigenvalue weighted by Gasteiger charge is 2.26. The van der Waals surface area contributed by atoms with Gasteiger partial charge in [0.05, 0.1) is 4.47 Å². The molecule has 1 N–H and O–H groups in total. The van der Waals surface area contributed by atoms with Crippen LogP contribution in [-0.4, -0.2) is 20.9 Å². The number of benzene rings is 3. The van der Waals surface area contributed by atoms with Gasteiger partial charge in [0.25, 0.3) is 0 Å². The highest BCUT2D eigenvalue weighted by molar-refractivity contribution is 9.10. The molecule has 37 heavy (non-hydrogen) atoms. The van der Waals surface area contributed by atoms with E-state index in [1.807, 2.05) is 72.8 Å². The Bertz CT molecular complexity index is 1340. The molecule has 0 aliphatic carbocycles. The van der Waals surface area contributed by atoms with Crippen molar-refractivity contribution >= 4 is 33.4 Å². The Balaban J connectivity index is 1.37. The predicted molar refractivity (Wildman–Crippen MR) is 152 cm³/mol. The summed E-state index contributed by atoms with van der Waals surface area (Å²) in [7, 11) is 0. The minimum absolute atomic E-state index is 0.457. The van der Waals surface area contributed by atoms with Gasteiger partial charge in [-0.2, -0.15) is 4.98 Å². The highest BCUT2D eigenvalue weighted by Crippen LogP contribution is 2.40. The van der Waals surface area contributed by atoms with Crippen LogP contribution in [0.1, 0.15) is 50.0 Å². The minimum atomic E-state index is -0.457. The number of nitrogens with zero attached hydrogens (tertiary/aromatic N) is 3. The molecule has 1 aliphatic rings. The Morgan fingerprint density at radius 1 is 0.973 bits per heavy atom. The van der Waals surface area contributed by atoms with E-state index in [-0.39, 0.29) is 0 Å². The lowest BCUT2D eigenvalue weighted by Crippen LogP contribution is -2.17. The summed E-state index contributed by atoms with van der Waals surface area (Å²) in [6, 6.07) is 24.1. The molecular weight excluding hydrogens is 548 g/mol. The van der Waals surface area contributed by atoms with Crippen molar-refractivity contribution < 1.29 is 9.47 Å². The van der Waals surface area contributed by atoms with E-state index in [2.05, 4.69) is 38.4 Å². The monoisotopic (exact) mass is 576 g/mol. The van der Waals surface area contributed by atoms with Gasteiger partial charge in [0.2, 0.25) is 11.0 Å². The smallest absolute Gasteiger partial charge is 0.247 e. The predicted octanol–water partition coefficient (Wildman–Crippen LogP) is 8.06. The van der Waals surface area contributed by atoms with E-state index >= 15 is 0 Å². The van der Waals surface area contributed by atoms with Crippen LogP contribution in [0.25, 0.3) is 11.3 Å². The van der Waals surface area contributed by atoms with Gasteiger partial charge in [-0.05, 0) is 52.2 Å². The lowest BCUT2D eigenvalue weighted by Gasteiger charge is -2.20.